The number of anilines is 1. The molecule has 2 aromatic rings. The zero-order chi connectivity index (χ0) is 17.7. The summed E-state index contributed by atoms with van der Waals surface area (Å²) in [7, 11) is 0. The first kappa shape index (κ1) is 18.1. The van der Waals surface area contributed by atoms with Crippen LogP contribution in [0.15, 0.2) is 35.5 Å². The summed E-state index contributed by atoms with van der Waals surface area (Å²) in [4.78, 5) is 9.53. The van der Waals surface area contributed by atoms with Crippen molar-refractivity contribution in [2.24, 2.45) is 10.7 Å². The highest BCUT2D eigenvalue weighted by Crippen LogP contribution is 2.29. The van der Waals surface area contributed by atoms with E-state index in [1.807, 2.05) is 13.8 Å². The van der Waals surface area contributed by atoms with Crippen LogP contribution < -0.4 is 15.8 Å². The number of nitrogens with zero attached hydrogens (tertiary/aromatic N) is 2. The molecule has 0 radical (unpaired) electrons. The Hall–Kier alpha value is -2.29. The number of benzene rings is 1. The molecule has 1 atom stereocenters. The van der Waals surface area contributed by atoms with Gasteiger partial charge in [0.1, 0.15) is 0 Å². The first-order valence-corrected chi connectivity index (χ1v) is 7.90. The fourth-order valence-electron chi connectivity index (χ4n) is 1.87. The summed E-state index contributed by atoms with van der Waals surface area (Å²) < 4.78 is 41.1. The summed E-state index contributed by atoms with van der Waals surface area (Å²) in [6, 6.07) is 5.63. The van der Waals surface area contributed by atoms with Gasteiger partial charge in [-0.2, -0.15) is 0 Å². The predicted molar refractivity (Wildman–Crippen MR) is 88.5 cm³/mol. The summed E-state index contributed by atoms with van der Waals surface area (Å²) in [5.41, 5.74) is 5.85. The molecule has 1 unspecified atom stereocenters. The van der Waals surface area contributed by atoms with E-state index < -0.39 is 6.36 Å². The molecule has 0 aliphatic carbocycles. The van der Waals surface area contributed by atoms with Crippen molar-refractivity contribution < 1.29 is 17.9 Å². The number of hydrogen-bond donors (Lipinski definition) is 2. The van der Waals surface area contributed by atoms with Crippen molar-refractivity contribution in [1.82, 2.24) is 4.98 Å². The number of alkyl halides is 3. The molecule has 5 nitrogen and oxygen atoms in total. The summed E-state index contributed by atoms with van der Waals surface area (Å²) in [6.07, 6.45) is -2.99. The maximum Gasteiger partial charge on any atom is 0.573 e. The lowest BCUT2D eigenvalue weighted by molar-refractivity contribution is -0.274. The van der Waals surface area contributed by atoms with Crippen LogP contribution in [0.4, 0.5) is 18.9 Å². The average Bonchev–Trinajstić information content (AvgIpc) is 2.92. The van der Waals surface area contributed by atoms with E-state index in [-0.39, 0.29) is 23.3 Å². The SMILES string of the molecule is Cc1cnc(C(C)CN=C(N)Nc2ccccc2OC(F)(F)F)s1. The van der Waals surface area contributed by atoms with Gasteiger partial charge in [0, 0.05) is 17.0 Å². The van der Waals surface area contributed by atoms with Crippen LogP contribution in [0.1, 0.15) is 22.7 Å². The van der Waals surface area contributed by atoms with Crippen molar-refractivity contribution in [3.8, 4) is 5.75 Å². The summed E-state index contributed by atoms with van der Waals surface area (Å²) in [5.74, 6) is -0.300. The second-order valence-corrected chi connectivity index (χ2v) is 6.37. The van der Waals surface area contributed by atoms with Crippen molar-refractivity contribution in [3.63, 3.8) is 0 Å². The van der Waals surface area contributed by atoms with Gasteiger partial charge in [-0.25, -0.2) is 4.98 Å². The van der Waals surface area contributed by atoms with Crippen LogP contribution in [0.25, 0.3) is 0 Å². The third-order valence-electron chi connectivity index (χ3n) is 2.97. The minimum Gasteiger partial charge on any atom is -0.404 e. The highest BCUT2D eigenvalue weighted by Gasteiger charge is 2.32. The molecule has 1 aromatic carbocycles. The van der Waals surface area contributed by atoms with Gasteiger partial charge in [-0.1, -0.05) is 19.1 Å². The second kappa shape index (κ2) is 7.52. The maximum atomic E-state index is 12.4. The Morgan fingerprint density at radius 2 is 2.12 bits per heavy atom. The molecule has 0 saturated carbocycles. The number of guanidine groups is 1. The largest absolute Gasteiger partial charge is 0.573 e. The number of aliphatic imine (C=N–C) groups is 1. The van der Waals surface area contributed by atoms with Crippen molar-refractivity contribution in [2.75, 3.05) is 11.9 Å². The third kappa shape index (κ3) is 5.41. The van der Waals surface area contributed by atoms with E-state index in [2.05, 4.69) is 20.0 Å². The number of nitrogens with one attached hydrogen (secondary N) is 1. The maximum absolute atomic E-state index is 12.4. The Labute approximate surface area is 141 Å². The number of para-hydroxylation sites is 2. The second-order valence-electron chi connectivity index (χ2n) is 5.11. The molecule has 0 saturated heterocycles. The standard InChI is InChI=1S/C15H17F3N4OS/c1-9(13-20-8-10(2)24-13)7-21-14(19)22-11-5-3-4-6-12(11)23-15(16,17)18/h3-6,8-9H,7H2,1-2H3,(H3,19,21,22). The summed E-state index contributed by atoms with van der Waals surface area (Å²) in [6.45, 7) is 4.29. The van der Waals surface area contributed by atoms with Crippen LogP contribution in [0.3, 0.4) is 0 Å². The van der Waals surface area contributed by atoms with Gasteiger partial charge in [0.2, 0.25) is 0 Å². The smallest absolute Gasteiger partial charge is 0.404 e. The number of halogens is 3. The van der Waals surface area contributed by atoms with Gasteiger partial charge in [-0.3, -0.25) is 4.99 Å². The molecule has 3 N–H and O–H groups in total. The molecule has 0 spiro atoms. The number of thiazole rings is 1. The van der Waals surface area contributed by atoms with Gasteiger partial charge in [0.05, 0.1) is 17.2 Å². The molecule has 0 aliphatic rings. The minimum atomic E-state index is -4.78. The molecule has 24 heavy (non-hydrogen) atoms. The molecule has 2 rings (SSSR count). The zero-order valence-corrected chi connectivity index (χ0v) is 13.9. The highest BCUT2D eigenvalue weighted by atomic mass is 32.1. The van der Waals surface area contributed by atoms with Gasteiger partial charge >= 0.3 is 6.36 Å². The summed E-state index contributed by atoms with van der Waals surface area (Å²) in [5, 5.41) is 3.57. The molecule has 130 valence electrons. The van der Waals surface area contributed by atoms with E-state index >= 15 is 0 Å². The van der Waals surface area contributed by atoms with Gasteiger partial charge in [0.15, 0.2) is 11.7 Å². The van der Waals surface area contributed by atoms with Gasteiger partial charge in [0.25, 0.3) is 0 Å². The lowest BCUT2D eigenvalue weighted by Crippen LogP contribution is -2.25. The van der Waals surface area contributed by atoms with Crippen molar-refractivity contribution in [1.29, 1.82) is 0 Å². The van der Waals surface area contributed by atoms with E-state index in [9.17, 15) is 13.2 Å². The van der Waals surface area contributed by atoms with Crippen LogP contribution in [-0.4, -0.2) is 23.9 Å². The Bertz CT molecular complexity index is 715. The number of hydrogen-bond acceptors (Lipinski definition) is 4. The van der Waals surface area contributed by atoms with Crippen LogP contribution in [0, 0.1) is 6.92 Å². The van der Waals surface area contributed by atoms with Gasteiger partial charge < -0.3 is 15.8 Å². The Balaban J connectivity index is 2.02. The van der Waals surface area contributed by atoms with Crippen molar-refractivity contribution in [3.05, 3.63) is 40.3 Å². The Morgan fingerprint density at radius 3 is 2.75 bits per heavy atom. The lowest BCUT2D eigenvalue weighted by Gasteiger charge is -2.14. The molecule has 0 bridgehead atoms. The lowest BCUT2D eigenvalue weighted by atomic mass is 10.2. The average molecular weight is 358 g/mol. The molecule has 1 heterocycles. The highest BCUT2D eigenvalue weighted by molar-refractivity contribution is 7.11. The molecule has 9 heteroatoms. The molecule has 0 amide bonds. The van der Waals surface area contributed by atoms with Crippen LogP contribution in [0.2, 0.25) is 0 Å². The van der Waals surface area contributed by atoms with Gasteiger partial charge in [-0.15, -0.1) is 24.5 Å². The van der Waals surface area contributed by atoms with Crippen LogP contribution in [0.5, 0.6) is 5.75 Å². The van der Waals surface area contributed by atoms with E-state index in [0.717, 1.165) is 9.88 Å². The first-order valence-electron chi connectivity index (χ1n) is 7.08. The van der Waals surface area contributed by atoms with Crippen molar-refractivity contribution in [2.45, 2.75) is 26.1 Å². The Kier molecular flexibility index (Phi) is 5.66. The van der Waals surface area contributed by atoms with E-state index in [1.165, 1.54) is 18.2 Å². The number of rotatable bonds is 5. The number of aromatic nitrogens is 1. The summed E-state index contributed by atoms with van der Waals surface area (Å²) >= 11 is 1.57. The number of aryl methyl sites for hydroxylation is 1. The number of ether oxygens (including phenoxy) is 1. The quantitative estimate of drug-likeness (QED) is 0.628. The fourth-order valence-corrected chi connectivity index (χ4v) is 2.69. The molecular formula is C15H17F3N4OS. The predicted octanol–water partition coefficient (Wildman–Crippen LogP) is 3.88. The fraction of sp³-hybridized carbons (Fsp3) is 0.333. The minimum absolute atomic E-state index is 0.00773. The first-order chi connectivity index (χ1) is 11.2. The van der Waals surface area contributed by atoms with E-state index in [4.69, 9.17) is 5.73 Å². The van der Waals surface area contributed by atoms with Crippen LogP contribution in [-0.2, 0) is 0 Å². The molecular weight excluding hydrogens is 341 g/mol. The monoisotopic (exact) mass is 358 g/mol. The molecule has 0 aliphatic heterocycles. The number of nitrogens with two attached hydrogens (primary N) is 1. The molecule has 0 fully saturated rings. The van der Waals surface area contributed by atoms with E-state index in [0.29, 0.717) is 6.54 Å². The van der Waals surface area contributed by atoms with E-state index in [1.54, 1.807) is 23.6 Å². The van der Waals surface area contributed by atoms with Crippen LogP contribution >= 0.6 is 11.3 Å². The third-order valence-corrected chi connectivity index (χ3v) is 4.12. The topological polar surface area (TPSA) is 72.5 Å². The normalized spacial score (nSPS) is 13.6. The molecule has 1 aromatic heterocycles. The van der Waals surface area contributed by atoms with Crippen molar-refractivity contribution >= 4 is 23.0 Å². The zero-order valence-electron chi connectivity index (χ0n) is 13.1. The Morgan fingerprint density at radius 1 is 1.42 bits per heavy atom. The van der Waals surface area contributed by atoms with Gasteiger partial charge in [-0.05, 0) is 19.1 Å².